The van der Waals surface area contributed by atoms with Gasteiger partial charge in [-0.3, -0.25) is 14.4 Å². The van der Waals surface area contributed by atoms with E-state index >= 15 is 0 Å². The molecule has 1 aliphatic heterocycles. The lowest BCUT2D eigenvalue weighted by atomic mass is 9.64. The lowest BCUT2D eigenvalue weighted by molar-refractivity contribution is -0.171. The van der Waals surface area contributed by atoms with Gasteiger partial charge in [-0.25, -0.2) is 4.99 Å². The number of nitrogens with zero attached hydrogens (tertiary/aromatic N) is 2. The van der Waals surface area contributed by atoms with Crippen LogP contribution in [0.5, 0.6) is 0 Å². The Kier molecular flexibility index (Phi) is 7.58. The third kappa shape index (κ3) is 5.42. The minimum atomic E-state index is -1.15. The van der Waals surface area contributed by atoms with E-state index < -0.39 is 29.1 Å². The Bertz CT molecular complexity index is 1280. The molecule has 7 nitrogen and oxygen atoms in total. The number of anilines is 1. The first-order valence-electron chi connectivity index (χ1n) is 13.1. The molecule has 3 atom stereocenters. The van der Waals surface area contributed by atoms with E-state index in [1.54, 1.807) is 13.1 Å². The Hall–Kier alpha value is -3.74. The van der Waals surface area contributed by atoms with Crippen molar-refractivity contribution in [2.45, 2.75) is 59.2 Å². The van der Waals surface area contributed by atoms with Crippen LogP contribution in [-0.2, 0) is 19.1 Å². The Morgan fingerprint density at radius 3 is 2.32 bits per heavy atom. The molecule has 1 N–H and O–H groups in total. The summed E-state index contributed by atoms with van der Waals surface area (Å²) in [6.07, 6.45) is 3.39. The van der Waals surface area contributed by atoms with Crippen molar-refractivity contribution < 1.29 is 19.1 Å². The van der Waals surface area contributed by atoms with E-state index in [1.807, 2.05) is 95.3 Å². The zero-order valence-electron chi connectivity index (χ0n) is 23.0. The summed E-state index contributed by atoms with van der Waals surface area (Å²) in [7, 11) is 1.69. The lowest BCUT2D eigenvalue weighted by Crippen LogP contribution is -2.54. The third-order valence-electron chi connectivity index (χ3n) is 6.96. The zero-order valence-corrected chi connectivity index (χ0v) is 23.0. The number of benzene rings is 2. The summed E-state index contributed by atoms with van der Waals surface area (Å²) in [5, 5.41) is 2.91. The first-order valence-corrected chi connectivity index (χ1v) is 13.1. The van der Waals surface area contributed by atoms with Gasteiger partial charge in [0.05, 0.1) is 17.3 Å². The van der Waals surface area contributed by atoms with E-state index in [9.17, 15) is 14.4 Å². The molecule has 1 heterocycles. The van der Waals surface area contributed by atoms with Crippen LogP contribution in [0, 0.1) is 17.3 Å². The van der Waals surface area contributed by atoms with E-state index in [4.69, 9.17) is 9.73 Å². The van der Waals surface area contributed by atoms with E-state index in [1.165, 1.54) is 4.90 Å². The van der Waals surface area contributed by atoms with Crippen molar-refractivity contribution in [3.8, 4) is 0 Å². The molecule has 2 amide bonds. The number of fused-ring (bicyclic) bond motifs is 1. The van der Waals surface area contributed by atoms with Crippen molar-refractivity contribution in [3.63, 3.8) is 0 Å². The first-order chi connectivity index (χ1) is 17.9. The van der Waals surface area contributed by atoms with Gasteiger partial charge >= 0.3 is 5.97 Å². The number of carbonyl (C=O) groups excluding carboxylic acids is 3. The predicted octanol–water partition coefficient (Wildman–Crippen LogP) is 4.89. The number of carbonyl (C=O) groups is 3. The number of rotatable bonds is 7. The number of para-hydroxylation sites is 1. The van der Waals surface area contributed by atoms with Gasteiger partial charge < -0.3 is 15.0 Å². The quantitative estimate of drug-likeness (QED) is 0.420. The van der Waals surface area contributed by atoms with Gasteiger partial charge in [-0.05, 0) is 45.6 Å². The number of likely N-dealkylation sites (N-methyl/N-ethyl adjacent to an activating group) is 1. The van der Waals surface area contributed by atoms with Crippen LogP contribution in [0.25, 0.3) is 0 Å². The average Bonchev–Trinajstić information content (AvgIpc) is 2.92. The summed E-state index contributed by atoms with van der Waals surface area (Å²) >= 11 is 0. The molecule has 2 aromatic rings. The van der Waals surface area contributed by atoms with E-state index in [2.05, 4.69) is 5.32 Å². The van der Waals surface area contributed by atoms with Crippen LogP contribution < -0.4 is 10.2 Å². The van der Waals surface area contributed by atoms with E-state index in [-0.39, 0.29) is 17.7 Å². The van der Waals surface area contributed by atoms with Gasteiger partial charge in [-0.1, -0.05) is 74.5 Å². The van der Waals surface area contributed by atoms with Gasteiger partial charge in [-0.2, -0.15) is 0 Å². The standard InChI is InChI=1S/C31H37N3O4/c1-20(2)19-23(31(17-12-18-31)29(37)38-30(3,4)5)27(35)33-26-28(36)34(6)24-16-11-10-15-22(24)25(32-26)21-13-8-7-9-14-21/h7-17,20,23,26H,18-19H2,1-6H3,(H,33,35)/t23-,26?,31+/m0/s1. The summed E-state index contributed by atoms with van der Waals surface area (Å²) in [5.41, 5.74) is 1.21. The molecule has 7 heteroatoms. The van der Waals surface area contributed by atoms with Crippen LogP contribution in [-0.4, -0.2) is 42.3 Å². The van der Waals surface area contributed by atoms with Crippen LogP contribution in [0.1, 0.15) is 58.6 Å². The molecule has 1 aliphatic carbocycles. The normalized spacial score (nSPS) is 21.7. The number of ether oxygens (including phenoxy) is 1. The Labute approximate surface area is 225 Å². The number of allylic oxidation sites excluding steroid dienone is 1. The number of hydrogen-bond acceptors (Lipinski definition) is 5. The molecule has 0 saturated carbocycles. The highest BCUT2D eigenvalue weighted by Crippen LogP contribution is 2.46. The fourth-order valence-electron chi connectivity index (χ4n) is 5.00. The molecule has 2 aliphatic rings. The number of amides is 2. The number of aliphatic imine (C=N–C) groups is 1. The maximum absolute atomic E-state index is 13.9. The maximum Gasteiger partial charge on any atom is 0.317 e. The highest BCUT2D eigenvalue weighted by atomic mass is 16.6. The number of benzodiazepines with no additional fused rings is 1. The molecule has 1 unspecified atom stereocenters. The maximum atomic E-state index is 13.9. The monoisotopic (exact) mass is 515 g/mol. The molecule has 0 spiro atoms. The Morgan fingerprint density at radius 2 is 1.74 bits per heavy atom. The van der Waals surface area contributed by atoms with Gasteiger partial charge in [0.25, 0.3) is 5.91 Å². The van der Waals surface area contributed by atoms with Crippen molar-refractivity contribution in [2.75, 3.05) is 11.9 Å². The Morgan fingerprint density at radius 1 is 1.11 bits per heavy atom. The van der Waals surface area contributed by atoms with Crippen molar-refractivity contribution in [1.29, 1.82) is 0 Å². The second-order valence-corrected chi connectivity index (χ2v) is 11.5. The molecular weight excluding hydrogens is 478 g/mol. The summed E-state index contributed by atoms with van der Waals surface area (Å²) < 4.78 is 5.75. The highest BCUT2D eigenvalue weighted by Gasteiger charge is 2.52. The fraction of sp³-hybridized carbons (Fsp3) is 0.419. The molecule has 0 bridgehead atoms. The molecule has 0 saturated heterocycles. The molecular formula is C31H37N3O4. The third-order valence-corrected chi connectivity index (χ3v) is 6.96. The average molecular weight is 516 g/mol. The highest BCUT2D eigenvalue weighted by molar-refractivity contribution is 6.20. The number of nitrogens with one attached hydrogen (secondary N) is 1. The van der Waals surface area contributed by atoms with Crippen LogP contribution in [0.3, 0.4) is 0 Å². The minimum absolute atomic E-state index is 0.138. The summed E-state index contributed by atoms with van der Waals surface area (Å²) in [6, 6.07) is 17.2. The molecule has 0 radical (unpaired) electrons. The van der Waals surface area contributed by atoms with Crippen LogP contribution >= 0.6 is 0 Å². The van der Waals surface area contributed by atoms with Crippen LogP contribution in [0.15, 0.2) is 71.7 Å². The second kappa shape index (κ2) is 10.6. The molecule has 200 valence electrons. The minimum Gasteiger partial charge on any atom is -0.459 e. The summed E-state index contributed by atoms with van der Waals surface area (Å²) in [5.74, 6) is -1.72. The van der Waals surface area contributed by atoms with Gasteiger partial charge in [0, 0.05) is 18.2 Å². The fourth-order valence-corrected chi connectivity index (χ4v) is 5.00. The SMILES string of the molecule is CC(C)C[C@@H](C(=O)NC1N=C(c2ccccc2)c2ccccc2N(C)C1=O)[C@@]1(C(=O)OC(C)(C)C)C=CC1. The van der Waals surface area contributed by atoms with Gasteiger partial charge in [0.15, 0.2) is 0 Å². The van der Waals surface area contributed by atoms with Crippen molar-refractivity contribution in [3.05, 3.63) is 77.9 Å². The summed E-state index contributed by atoms with van der Waals surface area (Å²) in [4.78, 5) is 47.3. The van der Waals surface area contributed by atoms with Crippen molar-refractivity contribution in [1.82, 2.24) is 5.32 Å². The smallest absolute Gasteiger partial charge is 0.317 e. The van der Waals surface area contributed by atoms with Crippen molar-refractivity contribution in [2.24, 2.45) is 22.2 Å². The van der Waals surface area contributed by atoms with E-state index in [0.29, 0.717) is 24.2 Å². The van der Waals surface area contributed by atoms with Gasteiger partial charge in [-0.15, -0.1) is 0 Å². The van der Waals surface area contributed by atoms with Crippen molar-refractivity contribution >= 4 is 29.2 Å². The topological polar surface area (TPSA) is 88.1 Å². The zero-order chi connectivity index (χ0) is 27.7. The molecule has 38 heavy (non-hydrogen) atoms. The summed E-state index contributed by atoms with van der Waals surface area (Å²) in [6.45, 7) is 9.47. The second-order valence-electron chi connectivity index (χ2n) is 11.5. The molecule has 0 fully saturated rings. The number of esters is 1. The molecule has 0 aromatic heterocycles. The molecule has 4 rings (SSSR count). The van der Waals surface area contributed by atoms with Crippen LogP contribution in [0.4, 0.5) is 5.69 Å². The molecule has 2 aromatic carbocycles. The predicted molar refractivity (Wildman–Crippen MR) is 149 cm³/mol. The van der Waals surface area contributed by atoms with Gasteiger partial charge in [0.1, 0.15) is 11.0 Å². The first kappa shape index (κ1) is 27.3. The Balaban J connectivity index is 1.72. The van der Waals surface area contributed by atoms with Crippen LogP contribution in [0.2, 0.25) is 0 Å². The largest absolute Gasteiger partial charge is 0.459 e. The van der Waals surface area contributed by atoms with Gasteiger partial charge in [0.2, 0.25) is 12.1 Å². The number of hydrogen-bond donors (Lipinski definition) is 1. The lowest BCUT2D eigenvalue weighted by Gasteiger charge is -2.42. The van der Waals surface area contributed by atoms with E-state index in [0.717, 1.165) is 11.1 Å².